The first-order valence-electron chi connectivity index (χ1n) is 13.9. The number of nitrogens with zero attached hydrogens (tertiary/aromatic N) is 1. The molecule has 0 unspecified atom stereocenters. The molecule has 0 amide bonds. The summed E-state index contributed by atoms with van der Waals surface area (Å²) in [4.78, 5) is 0. The molecule has 0 saturated heterocycles. The fourth-order valence-corrected chi connectivity index (χ4v) is 5.14. The molecule has 0 aliphatic rings. The molecule has 3 aromatic rings. The molecular weight excluding hydrogens is 422 g/mol. The zero-order valence-electron chi connectivity index (χ0n) is 22.0. The summed E-state index contributed by atoms with van der Waals surface area (Å²) in [5, 5.41) is 0. The summed E-state index contributed by atoms with van der Waals surface area (Å²) in [6.07, 6.45) is 16.6. The molecule has 0 heterocycles. The summed E-state index contributed by atoms with van der Waals surface area (Å²) >= 11 is 0. The number of hydrogen-bond donors (Lipinski definition) is 0. The maximum Gasteiger partial charge on any atom is 0.105 e. The van der Waals surface area contributed by atoms with Crippen LogP contribution in [-0.2, 0) is 19.6 Å². The number of quaternary nitrogens is 1. The molecule has 0 radical (unpaired) electrons. The van der Waals surface area contributed by atoms with E-state index in [0.717, 1.165) is 24.1 Å². The molecule has 0 spiro atoms. The van der Waals surface area contributed by atoms with Gasteiger partial charge in [-0.25, -0.2) is 0 Å². The van der Waals surface area contributed by atoms with Crippen LogP contribution in [0.5, 0.6) is 0 Å². The average Bonchev–Trinajstić information content (AvgIpc) is 2.89. The molecule has 1 nitrogen and oxygen atoms in total. The van der Waals surface area contributed by atoms with Gasteiger partial charge in [0.25, 0.3) is 0 Å². The molecule has 35 heavy (non-hydrogen) atoms. The molecule has 0 bridgehead atoms. The van der Waals surface area contributed by atoms with Crippen LogP contribution in [0.4, 0.5) is 0 Å². The first-order valence-corrected chi connectivity index (χ1v) is 13.9. The van der Waals surface area contributed by atoms with E-state index in [1.54, 1.807) is 0 Å². The van der Waals surface area contributed by atoms with Gasteiger partial charge in [-0.05, 0) is 32.1 Å². The van der Waals surface area contributed by atoms with Crippen LogP contribution in [0.3, 0.4) is 0 Å². The minimum Gasteiger partial charge on any atom is -0.312 e. The van der Waals surface area contributed by atoms with E-state index in [9.17, 15) is 0 Å². The lowest BCUT2D eigenvalue weighted by Gasteiger charge is -2.39. The van der Waals surface area contributed by atoms with Gasteiger partial charge in [-0.15, -0.1) is 0 Å². The fourth-order valence-electron chi connectivity index (χ4n) is 5.14. The smallest absolute Gasteiger partial charge is 0.105 e. The molecule has 0 atom stereocenters. The van der Waals surface area contributed by atoms with E-state index in [1.807, 2.05) is 0 Å². The van der Waals surface area contributed by atoms with Crippen LogP contribution >= 0.6 is 0 Å². The van der Waals surface area contributed by atoms with E-state index in [2.05, 4.69) is 110 Å². The van der Waals surface area contributed by atoms with Crippen molar-refractivity contribution in [2.75, 3.05) is 6.54 Å². The molecule has 0 aliphatic carbocycles. The van der Waals surface area contributed by atoms with Crippen molar-refractivity contribution in [1.29, 1.82) is 0 Å². The average molecular weight is 469 g/mol. The molecule has 0 saturated carbocycles. The second-order valence-electron chi connectivity index (χ2n) is 10.2. The molecule has 1 heteroatoms. The van der Waals surface area contributed by atoms with E-state index < -0.39 is 0 Å². The van der Waals surface area contributed by atoms with E-state index in [4.69, 9.17) is 0 Å². The first kappa shape index (κ1) is 27.0. The maximum absolute atomic E-state index is 2.38. The molecule has 3 rings (SSSR count). The standard InChI is InChI=1S/C34H46N/c1-2-3-4-5-6-7-8-9-10-11-21-28-35(29-32-22-15-12-16-23-32,30-33-24-17-13-18-25-33)31-34-26-19-14-20-27-34/h4-5,12-20,22-27H,2-3,6-11,21,28-31H2,1H3/q+1/b5-4+. The van der Waals surface area contributed by atoms with Gasteiger partial charge in [-0.2, -0.15) is 0 Å². The maximum atomic E-state index is 2.38. The third-order valence-electron chi connectivity index (χ3n) is 6.96. The summed E-state index contributed by atoms with van der Waals surface area (Å²) in [6.45, 7) is 6.70. The van der Waals surface area contributed by atoms with E-state index >= 15 is 0 Å². The summed E-state index contributed by atoms with van der Waals surface area (Å²) in [7, 11) is 0. The Kier molecular flexibility index (Phi) is 12.4. The Morgan fingerprint density at radius 2 is 0.886 bits per heavy atom. The van der Waals surface area contributed by atoms with Crippen LogP contribution in [0, 0.1) is 0 Å². The summed E-state index contributed by atoms with van der Waals surface area (Å²) in [5.41, 5.74) is 4.32. The molecule has 0 N–H and O–H groups in total. The number of unbranched alkanes of at least 4 members (excludes halogenated alkanes) is 7. The van der Waals surface area contributed by atoms with Gasteiger partial charge in [-0.3, -0.25) is 0 Å². The van der Waals surface area contributed by atoms with E-state index in [0.29, 0.717) is 0 Å². The van der Waals surface area contributed by atoms with E-state index in [1.165, 1.54) is 81.0 Å². The second kappa shape index (κ2) is 16.1. The fraction of sp³-hybridized carbons (Fsp3) is 0.412. The third kappa shape index (κ3) is 10.7. The Morgan fingerprint density at radius 3 is 1.34 bits per heavy atom. The van der Waals surface area contributed by atoms with Crippen molar-refractivity contribution in [3.05, 3.63) is 120 Å². The van der Waals surface area contributed by atoms with Gasteiger partial charge in [0.15, 0.2) is 0 Å². The van der Waals surface area contributed by atoms with Gasteiger partial charge in [-0.1, -0.05) is 136 Å². The minimum absolute atomic E-state index is 1.08. The van der Waals surface area contributed by atoms with Crippen molar-refractivity contribution in [1.82, 2.24) is 0 Å². The Labute approximate surface area is 215 Å². The lowest BCUT2D eigenvalue weighted by atomic mass is 10.0. The van der Waals surface area contributed by atoms with Crippen molar-refractivity contribution in [2.45, 2.75) is 84.3 Å². The molecule has 0 aromatic heterocycles. The highest BCUT2D eigenvalue weighted by Gasteiger charge is 2.28. The Hall–Kier alpha value is -2.64. The highest BCUT2D eigenvalue weighted by atomic mass is 15.3. The third-order valence-corrected chi connectivity index (χ3v) is 6.96. The molecular formula is C34H46N+. The van der Waals surface area contributed by atoms with E-state index in [-0.39, 0.29) is 0 Å². The SMILES string of the molecule is CCC/C=C/CCCCCCCC[N+](Cc1ccccc1)(Cc1ccccc1)Cc1ccccc1. The van der Waals surface area contributed by atoms with Crippen LogP contribution in [-0.4, -0.2) is 11.0 Å². The van der Waals surface area contributed by atoms with Gasteiger partial charge in [0.05, 0.1) is 6.54 Å². The summed E-state index contributed by atoms with van der Waals surface area (Å²) < 4.78 is 1.08. The van der Waals surface area contributed by atoms with Crippen LogP contribution in [0.25, 0.3) is 0 Å². The Bertz CT molecular complexity index is 829. The largest absolute Gasteiger partial charge is 0.312 e. The molecule has 3 aromatic carbocycles. The van der Waals surface area contributed by atoms with Crippen LogP contribution < -0.4 is 0 Å². The van der Waals surface area contributed by atoms with Crippen molar-refractivity contribution in [3.8, 4) is 0 Å². The lowest BCUT2D eigenvalue weighted by molar-refractivity contribution is -0.966. The summed E-state index contributed by atoms with van der Waals surface area (Å²) in [6, 6.07) is 33.3. The van der Waals surface area contributed by atoms with Gasteiger partial charge in [0, 0.05) is 16.7 Å². The second-order valence-corrected chi connectivity index (χ2v) is 10.2. The topological polar surface area (TPSA) is 0 Å². The van der Waals surface area contributed by atoms with Crippen molar-refractivity contribution in [3.63, 3.8) is 0 Å². The lowest BCUT2D eigenvalue weighted by Crippen LogP contribution is -2.46. The Morgan fingerprint density at radius 1 is 0.486 bits per heavy atom. The summed E-state index contributed by atoms with van der Waals surface area (Å²) in [5.74, 6) is 0. The zero-order chi connectivity index (χ0) is 24.4. The number of hydrogen-bond acceptors (Lipinski definition) is 0. The predicted octanol–water partition coefficient (Wildman–Crippen LogP) is 9.49. The highest BCUT2D eigenvalue weighted by Crippen LogP contribution is 2.26. The van der Waals surface area contributed by atoms with Crippen LogP contribution in [0.1, 0.15) is 81.4 Å². The van der Waals surface area contributed by atoms with Crippen molar-refractivity contribution in [2.24, 2.45) is 0 Å². The molecule has 186 valence electrons. The number of rotatable bonds is 17. The van der Waals surface area contributed by atoms with Gasteiger partial charge in [0.2, 0.25) is 0 Å². The minimum atomic E-state index is 1.08. The first-order chi connectivity index (χ1) is 17.3. The highest BCUT2D eigenvalue weighted by molar-refractivity contribution is 5.17. The van der Waals surface area contributed by atoms with Crippen LogP contribution in [0.2, 0.25) is 0 Å². The van der Waals surface area contributed by atoms with Gasteiger partial charge >= 0.3 is 0 Å². The van der Waals surface area contributed by atoms with Crippen LogP contribution in [0.15, 0.2) is 103 Å². The zero-order valence-corrected chi connectivity index (χ0v) is 22.0. The number of benzene rings is 3. The predicted molar refractivity (Wildman–Crippen MR) is 152 cm³/mol. The van der Waals surface area contributed by atoms with Gasteiger partial charge in [0.1, 0.15) is 19.6 Å². The molecule has 0 aliphatic heterocycles. The quantitative estimate of drug-likeness (QED) is 0.105. The number of allylic oxidation sites excluding steroid dienone is 2. The normalized spacial score (nSPS) is 11.8. The molecule has 0 fully saturated rings. The van der Waals surface area contributed by atoms with Gasteiger partial charge < -0.3 is 4.48 Å². The van der Waals surface area contributed by atoms with Crippen molar-refractivity contribution < 1.29 is 4.48 Å². The Balaban J connectivity index is 1.62. The monoisotopic (exact) mass is 468 g/mol. The van der Waals surface area contributed by atoms with Crippen molar-refractivity contribution >= 4 is 0 Å².